The van der Waals surface area contributed by atoms with Crippen LogP contribution >= 0.6 is 23.2 Å². The molecule has 1 heterocycles. The third-order valence-corrected chi connectivity index (χ3v) is 4.04. The second-order valence-corrected chi connectivity index (χ2v) is 6.06. The summed E-state index contributed by atoms with van der Waals surface area (Å²) in [5, 5.41) is 1.22. The molecule has 3 aromatic rings. The highest BCUT2D eigenvalue weighted by Gasteiger charge is 2.06. The smallest absolute Gasteiger partial charge is 0.219 e. The molecule has 0 saturated heterocycles. The Morgan fingerprint density at radius 1 is 0.958 bits per heavy atom. The lowest BCUT2D eigenvalue weighted by Gasteiger charge is -2.10. The third kappa shape index (κ3) is 4.19. The number of aromatic nitrogens is 1. The molecule has 0 unspecified atom stereocenters. The second kappa shape index (κ2) is 7.56. The average Bonchev–Trinajstić information content (AvgIpc) is 2.59. The third-order valence-electron chi connectivity index (χ3n) is 3.36. The van der Waals surface area contributed by atoms with Crippen LogP contribution in [0.1, 0.15) is 11.1 Å². The fraction of sp³-hybridized carbons (Fsp3) is 0.105. The highest BCUT2D eigenvalue weighted by molar-refractivity contribution is 6.32. The van der Waals surface area contributed by atoms with Crippen molar-refractivity contribution >= 4 is 23.2 Å². The molecule has 0 aliphatic heterocycles. The van der Waals surface area contributed by atoms with Gasteiger partial charge in [-0.05, 0) is 36.8 Å². The molecule has 3 rings (SSSR count). The van der Waals surface area contributed by atoms with Gasteiger partial charge in [-0.3, -0.25) is 0 Å². The summed E-state index contributed by atoms with van der Waals surface area (Å²) in [7, 11) is 0. The number of rotatable bonds is 5. The van der Waals surface area contributed by atoms with E-state index in [0.29, 0.717) is 34.0 Å². The van der Waals surface area contributed by atoms with Crippen molar-refractivity contribution in [2.75, 3.05) is 0 Å². The number of halogens is 2. The van der Waals surface area contributed by atoms with E-state index in [1.165, 1.54) is 0 Å². The zero-order valence-electron chi connectivity index (χ0n) is 13.0. The quantitative estimate of drug-likeness (QED) is 0.554. The first-order valence-electron chi connectivity index (χ1n) is 7.38. The molecule has 122 valence electrons. The number of pyridine rings is 1. The molecule has 0 bridgehead atoms. The molecule has 0 fully saturated rings. The summed E-state index contributed by atoms with van der Waals surface area (Å²) in [6.45, 7) is 2.35. The molecule has 2 aromatic carbocycles. The van der Waals surface area contributed by atoms with Gasteiger partial charge in [-0.15, -0.1) is 0 Å². The Labute approximate surface area is 150 Å². The summed E-state index contributed by atoms with van der Waals surface area (Å²) in [6, 6.07) is 16.7. The van der Waals surface area contributed by atoms with E-state index in [1.54, 1.807) is 24.4 Å². The highest BCUT2D eigenvalue weighted by atomic mass is 35.5. The van der Waals surface area contributed by atoms with E-state index in [2.05, 4.69) is 4.98 Å². The van der Waals surface area contributed by atoms with E-state index >= 15 is 0 Å². The first-order chi connectivity index (χ1) is 11.6. The van der Waals surface area contributed by atoms with Crippen LogP contribution in [0.3, 0.4) is 0 Å². The molecule has 0 aliphatic rings. The van der Waals surface area contributed by atoms with Crippen LogP contribution in [0.25, 0.3) is 0 Å². The number of hydrogen-bond donors (Lipinski definition) is 0. The second-order valence-electron chi connectivity index (χ2n) is 5.25. The van der Waals surface area contributed by atoms with Gasteiger partial charge in [0.05, 0.1) is 11.2 Å². The van der Waals surface area contributed by atoms with Crippen molar-refractivity contribution in [1.29, 1.82) is 0 Å². The SMILES string of the molecule is Cc1ccc(Cl)c(Oc2ccc(OCc3ccccc3Cl)cn2)c1. The predicted octanol–water partition coefficient (Wildman–Crippen LogP) is 6.07. The summed E-state index contributed by atoms with van der Waals surface area (Å²) in [5.74, 6) is 1.67. The van der Waals surface area contributed by atoms with Crippen molar-refractivity contribution in [2.24, 2.45) is 0 Å². The Balaban J connectivity index is 1.65. The fourth-order valence-corrected chi connectivity index (χ4v) is 2.44. The minimum Gasteiger partial charge on any atom is -0.487 e. The molecule has 0 saturated carbocycles. The molecule has 1 aromatic heterocycles. The van der Waals surface area contributed by atoms with Gasteiger partial charge in [-0.25, -0.2) is 4.98 Å². The zero-order chi connectivity index (χ0) is 16.9. The van der Waals surface area contributed by atoms with Crippen LogP contribution in [0.2, 0.25) is 10.0 Å². The standard InChI is InChI=1S/C19H15Cl2NO2/c1-13-6-8-17(21)18(10-13)24-19-9-7-15(11-22-19)23-12-14-4-2-3-5-16(14)20/h2-11H,12H2,1H3. The van der Waals surface area contributed by atoms with E-state index in [-0.39, 0.29) is 0 Å². The predicted molar refractivity (Wildman–Crippen MR) is 96.3 cm³/mol. The topological polar surface area (TPSA) is 31.4 Å². The van der Waals surface area contributed by atoms with E-state index in [1.807, 2.05) is 43.3 Å². The van der Waals surface area contributed by atoms with Gasteiger partial charge in [0.25, 0.3) is 0 Å². The molecule has 0 radical (unpaired) electrons. The maximum absolute atomic E-state index is 6.12. The summed E-state index contributed by atoms with van der Waals surface area (Å²) in [6.07, 6.45) is 1.61. The number of nitrogens with zero attached hydrogens (tertiary/aromatic N) is 1. The van der Waals surface area contributed by atoms with E-state index in [4.69, 9.17) is 32.7 Å². The maximum Gasteiger partial charge on any atom is 0.219 e. The Hall–Kier alpha value is -2.23. The number of hydrogen-bond acceptors (Lipinski definition) is 3. The first kappa shape index (κ1) is 16.6. The maximum atomic E-state index is 6.12. The minimum atomic E-state index is 0.380. The zero-order valence-corrected chi connectivity index (χ0v) is 14.5. The Morgan fingerprint density at radius 3 is 2.54 bits per heavy atom. The summed E-state index contributed by atoms with van der Waals surface area (Å²) >= 11 is 12.2. The molecule has 0 amide bonds. The molecule has 0 N–H and O–H groups in total. The van der Waals surface area contributed by atoms with E-state index in [0.717, 1.165) is 11.1 Å². The summed E-state index contributed by atoms with van der Waals surface area (Å²) in [5.41, 5.74) is 1.99. The molecule has 0 atom stereocenters. The number of aryl methyl sites for hydroxylation is 1. The van der Waals surface area contributed by atoms with Crippen LogP contribution in [-0.4, -0.2) is 4.98 Å². The summed E-state index contributed by atoms with van der Waals surface area (Å²) < 4.78 is 11.4. The number of benzene rings is 2. The van der Waals surface area contributed by atoms with Crippen molar-refractivity contribution < 1.29 is 9.47 Å². The van der Waals surface area contributed by atoms with E-state index < -0.39 is 0 Å². The van der Waals surface area contributed by atoms with Crippen LogP contribution < -0.4 is 9.47 Å². The van der Waals surface area contributed by atoms with Gasteiger partial charge in [0.2, 0.25) is 5.88 Å². The molecular formula is C19H15Cl2NO2. The number of ether oxygens (including phenoxy) is 2. The molecule has 0 aliphatic carbocycles. The Kier molecular flexibility index (Phi) is 5.24. The van der Waals surface area contributed by atoms with Gasteiger partial charge in [0, 0.05) is 16.7 Å². The molecule has 3 nitrogen and oxygen atoms in total. The van der Waals surface area contributed by atoms with Crippen molar-refractivity contribution in [2.45, 2.75) is 13.5 Å². The van der Waals surface area contributed by atoms with Gasteiger partial charge in [0.15, 0.2) is 0 Å². The van der Waals surface area contributed by atoms with Crippen molar-refractivity contribution in [1.82, 2.24) is 4.98 Å². The highest BCUT2D eigenvalue weighted by Crippen LogP contribution is 2.29. The molecule has 24 heavy (non-hydrogen) atoms. The lowest BCUT2D eigenvalue weighted by atomic mass is 10.2. The van der Waals surface area contributed by atoms with Crippen molar-refractivity contribution in [3.05, 3.63) is 82.0 Å². The van der Waals surface area contributed by atoms with Crippen molar-refractivity contribution in [3.8, 4) is 17.4 Å². The largest absolute Gasteiger partial charge is 0.487 e. The van der Waals surface area contributed by atoms with Crippen LogP contribution in [0.5, 0.6) is 17.4 Å². The van der Waals surface area contributed by atoms with E-state index in [9.17, 15) is 0 Å². The van der Waals surface area contributed by atoms with Gasteiger partial charge in [-0.2, -0.15) is 0 Å². The van der Waals surface area contributed by atoms with Gasteiger partial charge in [-0.1, -0.05) is 47.5 Å². The molecule has 5 heteroatoms. The Bertz CT molecular complexity index is 835. The molecule has 0 spiro atoms. The monoisotopic (exact) mass is 359 g/mol. The minimum absolute atomic E-state index is 0.380. The fourth-order valence-electron chi connectivity index (χ4n) is 2.09. The van der Waals surface area contributed by atoms with Crippen LogP contribution in [0.4, 0.5) is 0 Å². The van der Waals surface area contributed by atoms with Crippen LogP contribution in [-0.2, 0) is 6.61 Å². The molecular weight excluding hydrogens is 345 g/mol. The van der Waals surface area contributed by atoms with Gasteiger partial charge < -0.3 is 9.47 Å². The van der Waals surface area contributed by atoms with Gasteiger partial charge >= 0.3 is 0 Å². The van der Waals surface area contributed by atoms with Gasteiger partial charge in [0.1, 0.15) is 18.1 Å². The first-order valence-corrected chi connectivity index (χ1v) is 8.14. The average molecular weight is 360 g/mol. The van der Waals surface area contributed by atoms with Crippen LogP contribution in [0, 0.1) is 6.92 Å². The lowest BCUT2D eigenvalue weighted by Crippen LogP contribution is -1.97. The summed E-state index contributed by atoms with van der Waals surface area (Å²) in [4.78, 5) is 4.24. The normalized spacial score (nSPS) is 10.5. The lowest BCUT2D eigenvalue weighted by molar-refractivity contribution is 0.304. The Morgan fingerprint density at radius 2 is 1.79 bits per heavy atom. The van der Waals surface area contributed by atoms with Crippen molar-refractivity contribution in [3.63, 3.8) is 0 Å². The van der Waals surface area contributed by atoms with Crippen LogP contribution in [0.15, 0.2) is 60.8 Å².